The van der Waals surface area contributed by atoms with Crippen LogP contribution in [-0.4, -0.2) is 4.57 Å². The van der Waals surface area contributed by atoms with Gasteiger partial charge in [0, 0.05) is 50.6 Å². The highest BCUT2D eigenvalue weighted by Gasteiger charge is 2.20. The van der Waals surface area contributed by atoms with E-state index < -0.39 is 0 Å². The van der Waals surface area contributed by atoms with Gasteiger partial charge in [-0.3, -0.25) is 0 Å². The highest BCUT2D eigenvalue weighted by Crippen LogP contribution is 2.44. The summed E-state index contributed by atoms with van der Waals surface area (Å²) in [6.45, 7) is 0. The summed E-state index contributed by atoms with van der Waals surface area (Å²) < 4.78 is 2.46. The third kappa shape index (κ3) is 6.97. The molecule has 0 atom stereocenters. The largest absolute Gasteiger partial charge is 0.311 e. The molecule has 3 nitrogen and oxygen atoms in total. The number of para-hydroxylation sites is 5. The van der Waals surface area contributed by atoms with Crippen LogP contribution in [0.3, 0.4) is 0 Å². The van der Waals surface area contributed by atoms with E-state index in [1.165, 1.54) is 66.0 Å². The molecular weight excluding hydrogens is 787 g/mol. The lowest BCUT2D eigenvalue weighted by Gasteiger charge is -2.25. The van der Waals surface area contributed by atoms with Crippen LogP contribution in [0.1, 0.15) is 0 Å². The molecule has 0 saturated heterocycles. The molecule has 0 saturated carbocycles. The minimum atomic E-state index is 1.11. The van der Waals surface area contributed by atoms with E-state index in [-0.39, 0.29) is 0 Å². The molecule has 0 radical (unpaired) electrons. The van der Waals surface area contributed by atoms with E-state index in [2.05, 4.69) is 275 Å². The van der Waals surface area contributed by atoms with Gasteiger partial charge in [0.25, 0.3) is 0 Å². The molecule has 0 bridgehead atoms. The summed E-state index contributed by atoms with van der Waals surface area (Å²) in [5.74, 6) is 0. The molecule has 3 heteroatoms. The number of hydrogen-bond donors (Lipinski definition) is 0. The summed E-state index contributed by atoms with van der Waals surface area (Å²) in [5, 5.41) is 5.07. The van der Waals surface area contributed by atoms with Gasteiger partial charge >= 0.3 is 0 Å². The third-order valence-electron chi connectivity index (χ3n) is 12.7. The predicted molar refractivity (Wildman–Crippen MR) is 275 cm³/mol. The molecule has 1 heterocycles. The van der Waals surface area contributed by atoms with Crippen LogP contribution in [0.15, 0.2) is 261 Å². The first-order valence-electron chi connectivity index (χ1n) is 22.3. The van der Waals surface area contributed by atoms with Gasteiger partial charge in [-0.25, -0.2) is 0 Å². The lowest BCUT2D eigenvalue weighted by atomic mass is 9.94. The summed E-state index contributed by atoms with van der Waals surface area (Å²) in [6.07, 6.45) is 0. The molecule has 12 rings (SSSR count). The quantitative estimate of drug-likeness (QED) is 0.127. The first-order chi connectivity index (χ1) is 32.2. The van der Waals surface area contributed by atoms with E-state index in [1.54, 1.807) is 0 Å². The van der Waals surface area contributed by atoms with E-state index >= 15 is 0 Å². The molecule has 306 valence electrons. The van der Waals surface area contributed by atoms with Crippen LogP contribution < -0.4 is 9.80 Å². The molecular formula is C62H43N3. The number of nitrogens with zero attached hydrogens (tertiary/aromatic N) is 3. The Morgan fingerprint density at radius 3 is 0.846 bits per heavy atom. The van der Waals surface area contributed by atoms with Crippen molar-refractivity contribution in [3.8, 4) is 39.1 Å². The van der Waals surface area contributed by atoms with E-state index in [0.717, 1.165) is 39.8 Å². The molecule has 0 aliphatic rings. The van der Waals surface area contributed by atoms with E-state index in [0.29, 0.717) is 0 Å². The summed E-state index contributed by atoms with van der Waals surface area (Å²) in [4.78, 5) is 4.61. The molecule has 12 aromatic rings. The summed E-state index contributed by atoms with van der Waals surface area (Å²) in [5.41, 5.74) is 17.4. The maximum Gasteiger partial charge on any atom is 0.0553 e. The van der Waals surface area contributed by atoms with Crippen LogP contribution in [0, 0.1) is 0 Å². The number of anilines is 6. The zero-order valence-electron chi connectivity index (χ0n) is 35.7. The SMILES string of the molecule is c1ccc(N(c2ccccc2)c2ccc(-c3ccc(-c4cc5ccc6cc(-c7ccc(N(c8ccccc8)c8ccccc8)cc7)cc7c6c5c(c4)n7-c4ccccc4)cc3)cc2)cc1. The van der Waals surface area contributed by atoms with Gasteiger partial charge in [-0.15, -0.1) is 0 Å². The van der Waals surface area contributed by atoms with Gasteiger partial charge in [0.2, 0.25) is 0 Å². The Kier molecular flexibility index (Phi) is 9.50. The highest BCUT2D eigenvalue weighted by molar-refractivity contribution is 6.25. The molecule has 65 heavy (non-hydrogen) atoms. The van der Waals surface area contributed by atoms with Gasteiger partial charge in [-0.1, -0.05) is 152 Å². The normalized spacial score (nSPS) is 11.4. The molecule has 1 aromatic heterocycles. The molecule has 0 N–H and O–H groups in total. The van der Waals surface area contributed by atoms with Gasteiger partial charge in [0.15, 0.2) is 0 Å². The van der Waals surface area contributed by atoms with Crippen LogP contribution in [0.5, 0.6) is 0 Å². The van der Waals surface area contributed by atoms with Crippen LogP contribution in [0.4, 0.5) is 34.1 Å². The molecule has 0 aliphatic heterocycles. The summed E-state index contributed by atoms with van der Waals surface area (Å²) >= 11 is 0. The van der Waals surface area contributed by atoms with Gasteiger partial charge in [-0.2, -0.15) is 0 Å². The minimum Gasteiger partial charge on any atom is -0.311 e. The maximum absolute atomic E-state index is 2.46. The van der Waals surface area contributed by atoms with Crippen LogP contribution in [-0.2, 0) is 0 Å². The van der Waals surface area contributed by atoms with Crippen molar-refractivity contribution < 1.29 is 0 Å². The van der Waals surface area contributed by atoms with Crippen molar-refractivity contribution in [1.29, 1.82) is 0 Å². The summed E-state index contributed by atoms with van der Waals surface area (Å²) in [7, 11) is 0. The van der Waals surface area contributed by atoms with Crippen molar-refractivity contribution in [2.24, 2.45) is 0 Å². The van der Waals surface area contributed by atoms with Crippen LogP contribution >= 0.6 is 0 Å². The second-order valence-electron chi connectivity index (χ2n) is 16.6. The van der Waals surface area contributed by atoms with Crippen molar-refractivity contribution in [3.63, 3.8) is 0 Å². The lowest BCUT2D eigenvalue weighted by molar-refractivity contribution is 1.18. The predicted octanol–water partition coefficient (Wildman–Crippen LogP) is 17.3. The molecule has 0 aliphatic carbocycles. The Bertz CT molecular complexity index is 3450. The fourth-order valence-electron chi connectivity index (χ4n) is 9.62. The Morgan fingerprint density at radius 1 is 0.231 bits per heavy atom. The van der Waals surface area contributed by atoms with Gasteiger partial charge < -0.3 is 14.4 Å². The highest BCUT2D eigenvalue weighted by atomic mass is 15.1. The van der Waals surface area contributed by atoms with E-state index in [9.17, 15) is 0 Å². The topological polar surface area (TPSA) is 11.4 Å². The number of aromatic nitrogens is 1. The lowest BCUT2D eigenvalue weighted by Crippen LogP contribution is -2.09. The first-order valence-corrected chi connectivity index (χ1v) is 22.3. The van der Waals surface area contributed by atoms with Crippen LogP contribution in [0.25, 0.3) is 71.6 Å². The minimum absolute atomic E-state index is 1.11. The average molecular weight is 830 g/mol. The fraction of sp³-hybridized carbons (Fsp3) is 0. The zero-order chi connectivity index (χ0) is 43.1. The van der Waals surface area contributed by atoms with Crippen molar-refractivity contribution in [3.05, 3.63) is 261 Å². The second kappa shape index (κ2) is 16.2. The monoisotopic (exact) mass is 829 g/mol. The van der Waals surface area contributed by atoms with E-state index in [4.69, 9.17) is 0 Å². The average Bonchev–Trinajstić information content (AvgIpc) is 3.72. The van der Waals surface area contributed by atoms with Crippen LogP contribution in [0.2, 0.25) is 0 Å². The van der Waals surface area contributed by atoms with Gasteiger partial charge in [0.05, 0.1) is 11.0 Å². The Morgan fingerprint density at radius 2 is 0.508 bits per heavy atom. The maximum atomic E-state index is 2.46. The number of hydrogen-bond acceptors (Lipinski definition) is 2. The first kappa shape index (κ1) is 38.0. The molecule has 0 unspecified atom stereocenters. The molecule has 0 fully saturated rings. The Hall–Kier alpha value is -8.66. The third-order valence-corrected chi connectivity index (χ3v) is 12.7. The van der Waals surface area contributed by atoms with Gasteiger partial charge in [0.1, 0.15) is 0 Å². The number of benzene rings is 11. The number of rotatable bonds is 10. The van der Waals surface area contributed by atoms with E-state index in [1.807, 2.05) is 0 Å². The van der Waals surface area contributed by atoms with Crippen molar-refractivity contribution in [2.45, 2.75) is 0 Å². The standard InChI is InChI=1S/C62H43N3/c1-6-16-52(17-7-1)63(53-18-8-2-9-19-53)57-36-32-45(33-37-57)44-26-28-46(29-27-44)50-40-48-30-31-49-41-51(43-60-62(49)61(48)59(42-50)65(60)56-24-14-5-15-25-56)47-34-38-58(39-35-47)64(54-20-10-3-11-21-54)55-22-12-4-13-23-55/h1-43H. The van der Waals surface area contributed by atoms with Crippen molar-refractivity contribution in [2.75, 3.05) is 9.80 Å². The Labute approximate surface area is 379 Å². The van der Waals surface area contributed by atoms with Crippen molar-refractivity contribution >= 4 is 66.7 Å². The molecule has 11 aromatic carbocycles. The smallest absolute Gasteiger partial charge is 0.0553 e. The Balaban J connectivity index is 0.908. The van der Waals surface area contributed by atoms with Crippen molar-refractivity contribution in [1.82, 2.24) is 4.57 Å². The summed E-state index contributed by atoms with van der Waals surface area (Å²) in [6, 6.07) is 94.1. The fourth-order valence-corrected chi connectivity index (χ4v) is 9.62. The van der Waals surface area contributed by atoms with Gasteiger partial charge in [-0.05, 0) is 153 Å². The molecule has 0 amide bonds. The second-order valence-corrected chi connectivity index (χ2v) is 16.6. The molecule has 0 spiro atoms. The zero-order valence-corrected chi connectivity index (χ0v) is 35.7.